The highest BCUT2D eigenvalue weighted by atomic mass is 32.1. The number of hydrogen-bond acceptors (Lipinski definition) is 4. The number of carbonyl (C=O) groups excluding carboxylic acids is 2. The van der Waals surface area contributed by atoms with Gasteiger partial charge in [-0.2, -0.15) is 0 Å². The molecule has 5 heteroatoms. The molecule has 122 valence electrons. The van der Waals surface area contributed by atoms with Gasteiger partial charge >= 0.3 is 5.97 Å². The molecule has 1 aromatic heterocycles. The maximum Gasteiger partial charge on any atom is 0.341 e. The molecule has 1 aliphatic rings. The van der Waals surface area contributed by atoms with E-state index in [0.29, 0.717) is 17.0 Å². The lowest BCUT2D eigenvalue weighted by atomic mass is 9.95. The lowest BCUT2D eigenvalue weighted by molar-refractivity contribution is -0.116. The van der Waals surface area contributed by atoms with Gasteiger partial charge in [0, 0.05) is 11.3 Å². The highest BCUT2D eigenvalue weighted by Crippen LogP contribution is 2.38. The standard InChI is InChI=1S/C17H25NO3S/c1-3-4-5-6-11-14(19)18-16-15(17(20)21-2)12-9-7-8-10-13(12)22-16/h3-11H2,1-2H3,(H,18,19). The number of thiophene rings is 1. The van der Waals surface area contributed by atoms with E-state index in [-0.39, 0.29) is 11.9 Å². The third-order valence-electron chi connectivity index (χ3n) is 4.07. The number of methoxy groups -OCH3 is 1. The van der Waals surface area contributed by atoms with Crippen molar-refractivity contribution >= 4 is 28.2 Å². The third-order valence-corrected chi connectivity index (χ3v) is 5.28. The zero-order chi connectivity index (χ0) is 15.9. The summed E-state index contributed by atoms with van der Waals surface area (Å²) in [6.07, 6.45) is 8.96. The van der Waals surface area contributed by atoms with E-state index in [0.717, 1.165) is 56.9 Å². The molecule has 0 radical (unpaired) electrons. The van der Waals surface area contributed by atoms with Crippen LogP contribution in [0.2, 0.25) is 0 Å². The minimum absolute atomic E-state index is 0.000136. The zero-order valence-corrected chi connectivity index (χ0v) is 14.3. The van der Waals surface area contributed by atoms with Crippen molar-refractivity contribution in [2.75, 3.05) is 12.4 Å². The molecule has 22 heavy (non-hydrogen) atoms. The SMILES string of the molecule is CCCCCCC(=O)Nc1sc2c(c1C(=O)OC)CCCC2. The number of nitrogens with one attached hydrogen (secondary N) is 1. The van der Waals surface area contributed by atoms with Crippen LogP contribution >= 0.6 is 11.3 Å². The maximum absolute atomic E-state index is 12.1. The van der Waals surface area contributed by atoms with Gasteiger partial charge in [-0.05, 0) is 37.7 Å². The second kappa shape index (κ2) is 8.32. The Hall–Kier alpha value is -1.36. The summed E-state index contributed by atoms with van der Waals surface area (Å²) >= 11 is 1.54. The van der Waals surface area contributed by atoms with Crippen LogP contribution in [0.1, 0.15) is 72.7 Å². The van der Waals surface area contributed by atoms with E-state index < -0.39 is 0 Å². The van der Waals surface area contributed by atoms with E-state index in [4.69, 9.17) is 4.74 Å². The fourth-order valence-electron chi connectivity index (χ4n) is 2.87. The molecule has 0 fully saturated rings. The Morgan fingerprint density at radius 2 is 1.95 bits per heavy atom. The van der Waals surface area contributed by atoms with Gasteiger partial charge in [0.1, 0.15) is 5.00 Å². The lowest BCUT2D eigenvalue weighted by Gasteiger charge is -2.11. The van der Waals surface area contributed by atoms with Crippen LogP contribution in [0.3, 0.4) is 0 Å². The second-order valence-corrected chi connectivity index (χ2v) is 6.87. The first kappa shape index (κ1) is 17.0. The van der Waals surface area contributed by atoms with E-state index in [1.807, 2.05) is 0 Å². The molecule has 0 unspecified atom stereocenters. The third kappa shape index (κ3) is 4.09. The monoisotopic (exact) mass is 323 g/mol. The first-order chi connectivity index (χ1) is 10.7. The Balaban J connectivity index is 2.08. The Labute approximate surface area is 136 Å². The van der Waals surface area contributed by atoms with Gasteiger partial charge in [0.15, 0.2) is 0 Å². The van der Waals surface area contributed by atoms with E-state index in [9.17, 15) is 9.59 Å². The van der Waals surface area contributed by atoms with Gasteiger partial charge in [-0.3, -0.25) is 4.79 Å². The van der Waals surface area contributed by atoms with Crippen molar-refractivity contribution in [3.63, 3.8) is 0 Å². The molecule has 4 nitrogen and oxygen atoms in total. The molecular formula is C17H25NO3S. The minimum Gasteiger partial charge on any atom is -0.465 e. The number of rotatable bonds is 7. The predicted octanol–water partition coefficient (Wildman–Crippen LogP) is 4.32. The number of aryl methyl sites for hydroxylation is 1. The summed E-state index contributed by atoms with van der Waals surface area (Å²) in [6, 6.07) is 0. The van der Waals surface area contributed by atoms with Crippen LogP contribution in [0.4, 0.5) is 5.00 Å². The number of carbonyl (C=O) groups is 2. The van der Waals surface area contributed by atoms with E-state index in [1.165, 1.54) is 12.0 Å². The second-order valence-electron chi connectivity index (χ2n) is 5.77. The molecule has 0 spiro atoms. The largest absolute Gasteiger partial charge is 0.465 e. The number of unbranched alkanes of at least 4 members (excludes halogenated alkanes) is 3. The molecule has 0 aliphatic heterocycles. The zero-order valence-electron chi connectivity index (χ0n) is 13.5. The summed E-state index contributed by atoms with van der Waals surface area (Å²) in [5, 5.41) is 3.62. The smallest absolute Gasteiger partial charge is 0.341 e. The molecule has 1 N–H and O–H groups in total. The maximum atomic E-state index is 12.1. The van der Waals surface area contributed by atoms with Crippen molar-refractivity contribution in [1.82, 2.24) is 0 Å². The van der Waals surface area contributed by atoms with Crippen molar-refractivity contribution in [2.45, 2.75) is 64.7 Å². The average molecular weight is 323 g/mol. The Bertz CT molecular complexity index is 536. The van der Waals surface area contributed by atoms with Crippen molar-refractivity contribution in [3.05, 3.63) is 16.0 Å². The fraction of sp³-hybridized carbons (Fsp3) is 0.647. The molecule has 1 heterocycles. The molecule has 0 bridgehead atoms. The number of hydrogen-bond donors (Lipinski definition) is 1. The highest BCUT2D eigenvalue weighted by Gasteiger charge is 2.26. The van der Waals surface area contributed by atoms with Crippen LogP contribution < -0.4 is 5.32 Å². The van der Waals surface area contributed by atoms with E-state index in [2.05, 4.69) is 12.2 Å². The number of anilines is 1. The molecule has 2 rings (SSSR count). The topological polar surface area (TPSA) is 55.4 Å². The molecule has 1 aliphatic carbocycles. The summed E-state index contributed by atoms with van der Waals surface area (Å²) < 4.78 is 4.91. The van der Waals surface area contributed by atoms with Crippen LogP contribution in [-0.2, 0) is 22.4 Å². The van der Waals surface area contributed by atoms with Crippen LogP contribution in [0.25, 0.3) is 0 Å². The van der Waals surface area contributed by atoms with Gasteiger partial charge < -0.3 is 10.1 Å². The summed E-state index contributed by atoms with van der Waals surface area (Å²) in [6.45, 7) is 2.15. The normalized spacial score (nSPS) is 13.5. The fourth-order valence-corrected chi connectivity index (χ4v) is 4.17. The average Bonchev–Trinajstić information content (AvgIpc) is 2.88. The number of amides is 1. The van der Waals surface area contributed by atoms with Gasteiger partial charge in [-0.15, -0.1) is 11.3 Å². The summed E-state index contributed by atoms with van der Waals surface area (Å²) in [4.78, 5) is 25.4. The molecule has 0 saturated carbocycles. The highest BCUT2D eigenvalue weighted by molar-refractivity contribution is 7.17. The van der Waals surface area contributed by atoms with Crippen molar-refractivity contribution in [3.8, 4) is 0 Å². The molecule has 0 aromatic carbocycles. The molecule has 1 amide bonds. The number of fused-ring (bicyclic) bond motifs is 1. The molecule has 1 aromatic rings. The van der Waals surface area contributed by atoms with Crippen molar-refractivity contribution < 1.29 is 14.3 Å². The van der Waals surface area contributed by atoms with Gasteiger partial charge in [0.2, 0.25) is 5.91 Å². The molecular weight excluding hydrogens is 298 g/mol. The predicted molar refractivity (Wildman–Crippen MR) is 89.7 cm³/mol. The molecule has 0 atom stereocenters. The molecule has 0 saturated heterocycles. The van der Waals surface area contributed by atoms with Crippen molar-refractivity contribution in [1.29, 1.82) is 0 Å². The van der Waals surface area contributed by atoms with E-state index >= 15 is 0 Å². The Morgan fingerprint density at radius 3 is 2.68 bits per heavy atom. The van der Waals surface area contributed by atoms with Gasteiger partial charge in [-0.25, -0.2) is 4.79 Å². The van der Waals surface area contributed by atoms with Crippen LogP contribution in [0, 0.1) is 0 Å². The van der Waals surface area contributed by atoms with Crippen LogP contribution in [0.5, 0.6) is 0 Å². The van der Waals surface area contributed by atoms with Gasteiger partial charge in [0.05, 0.1) is 12.7 Å². The first-order valence-corrected chi connectivity index (χ1v) is 9.01. The summed E-state index contributed by atoms with van der Waals surface area (Å²) in [5.41, 5.74) is 1.67. The van der Waals surface area contributed by atoms with Crippen molar-refractivity contribution in [2.24, 2.45) is 0 Å². The number of esters is 1. The van der Waals surface area contributed by atoms with Gasteiger partial charge in [-0.1, -0.05) is 26.2 Å². The minimum atomic E-state index is -0.333. The number of ether oxygens (including phenoxy) is 1. The van der Waals surface area contributed by atoms with Crippen LogP contribution in [0.15, 0.2) is 0 Å². The first-order valence-electron chi connectivity index (χ1n) is 8.20. The Morgan fingerprint density at radius 1 is 1.18 bits per heavy atom. The summed E-state index contributed by atoms with van der Waals surface area (Å²) in [7, 11) is 1.39. The van der Waals surface area contributed by atoms with E-state index in [1.54, 1.807) is 11.3 Å². The Kier molecular flexibility index (Phi) is 6.43. The van der Waals surface area contributed by atoms with Crippen LogP contribution in [-0.4, -0.2) is 19.0 Å². The quantitative estimate of drug-likeness (QED) is 0.600. The summed E-state index contributed by atoms with van der Waals surface area (Å²) in [5.74, 6) is -0.333. The van der Waals surface area contributed by atoms with Gasteiger partial charge in [0.25, 0.3) is 0 Å². The lowest BCUT2D eigenvalue weighted by Crippen LogP contribution is -2.14.